The van der Waals surface area contributed by atoms with Crippen molar-refractivity contribution < 1.29 is 14.3 Å². The average Bonchev–Trinajstić information content (AvgIpc) is 2.53. The van der Waals surface area contributed by atoms with E-state index in [2.05, 4.69) is 5.32 Å². The summed E-state index contributed by atoms with van der Waals surface area (Å²) in [6.45, 7) is 1.46. The van der Waals surface area contributed by atoms with Gasteiger partial charge >= 0.3 is 5.97 Å². The molecule has 0 unspecified atom stereocenters. The van der Waals surface area contributed by atoms with Crippen LogP contribution in [0.15, 0.2) is 42.5 Å². The molecule has 0 heterocycles. The van der Waals surface area contributed by atoms with Gasteiger partial charge in [0.15, 0.2) is 6.10 Å². The van der Waals surface area contributed by atoms with Crippen molar-refractivity contribution in [3.63, 3.8) is 0 Å². The van der Waals surface area contributed by atoms with Gasteiger partial charge in [-0.3, -0.25) is 9.59 Å². The van der Waals surface area contributed by atoms with Crippen molar-refractivity contribution >= 4 is 52.4 Å². The summed E-state index contributed by atoms with van der Waals surface area (Å²) in [5, 5.41) is 3.61. The monoisotopic (exact) mass is 385 g/mol. The highest BCUT2D eigenvalue weighted by atomic mass is 35.5. The van der Waals surface area contributed by atoms with Gasteiger partial charge < -0.3 is 10.1 Å². The van der Waals surface area contributed by atoms with E-state index in [1.807, 2.05) is 0 Å². The van der Waals surface area contributed by atoms with Crippen LogP contribution in [0.3, 0.4) is 0 Å². The Hall–Kier alpha value is -1.75. The number of esters is 1. The van der Waals surface area contributed by atoms with Gasteiger partial charge in [0.25, 0.3) is 5.91 Å². The van der Waals surface area contributed by atoms with Gasteiger partial charge in [-0.15, -0.1) is 0 Å². The normalized spacial score (nSPS) is 11.7. The second kappa shape index (κ2) is 8.38. The zero-order valence-corrected chi connectivity index (χ0v) is 15.0. The van der Waals surface area contributed by atoms with Gasteiger partial charge in [-0.25, -0.2) is 0 Å². The standard InChI is InChI=1S/C17H14Cl3NO3/c1-10(17(23)21-16-13(19)7-4-8-14(16)20)24-15(22)9-11-5-2-3-6-12(11)18/h2-8,10H,9H2,1H3,(H,21,23)/t10-/m1/s1. The van der Waals surface area contributed by atoms with E-state index in [0.29, 0.717) is 20.6 Å². The third-order valence-corrected chi connectivity index (χ3v) is 4.18. The molecule has 0 aliphatic heterocycles. The average molecular weight is 387 g/mol. The van der Waals surface area contributed by atoms with Gasteiger partial charge in [0.1, 0.15) is 0 Å². The van der Waals surface area contributed by atoms with Gasteiger partial charge in [0, 0.05) is 5.02 Å². The number of hydrogen-bond acceptors (Lipinski definition) is 3. The molecule has 1 atom stereocenters. The number of anilines is 1. The van der Waals surface area contributed by atoms with E-state index in [1.165, 1.54) is 6.92 Å². The number of ether oxygens (including phenoxy) is 1. The lowest BCUT2D eigenvalue weighted by Gasteiger charge is -2.15. The van der Waals surface area contributed by atoms with Crippen molar-refractivity contribution in [3.8, 4) is 0 Å². The van der Waals surface area contributed by atoms with Crippen LogP contribution in [0, 0.1) is 0 Å². The highest BCUT2D eigenvalue weighted by Crippen LogP contribution is 2.30. The molecule has 0 bridgehead atoms. The van der Waals surface area contributed by atoms with Gasteiger partial charge in [-0.2, -0.15) is 0 Å². The molecule has 0 aliphatic carbocycles. The molecule has 0 aromatic heterocycles. The Labute approximate surface area is 154 Å². The Morgan fingerprint density at radius 1 is 1.00 bits per heavy atom. The number of carbonyl (C=O) groups excluding carboxylic acids is 2. The molecule has 0 spiro atoms. The molecule has 0 fully saturated rings. The number of rotatable bonds is 5. The third kappa shape index (κ3) is 4.87. The van der Waals surface area contributed by atoms with Crippen LogP contribution in [0.2, 0.25) is 15.1 Å². The van der Waals surface area contributed by atoms with Gasteiger partial charge in [0.05, 0.1) is 22.2 Å². The minimum atomic E-state index is -1.01. The summed E-state index contributed by atoms with van der Waals surface area (Å²) in [7, 11) is 0. The lowest BCUT2D eigenvalue weighted by molar-refractivity contribution is -0.152. The van der Waals surface area contributed by atoms with Crippen molar-refractivity contribution in [1.29, 1.82) is 0 Å². The summed E-state index contributed by atoms with van der Waals surface area (Å²) in [5.41, 5.74) is 0.908. The SMILES string of the molecule is C[C@@H](OC(=O)Cc1ccccc1Cl)C(=O)Nc1c(Cl)cccc1Cl. The van der Waals surface area contributed by atoms with Crippen LogP contribution >= 0.6 is 34.8 Å². The number of nitrogens with one attached hydrogen (secondary N) is 1. The molecule has 7 heteroatoms. The van der Waals surface area contributed by atoms with E-state index < -0.39 is 18.0 Å². The second-order valence-corrected chi connectivity index (χ2v) is 6.21. The fourth-order valence-corrected chi connectivity index (χ4v) is 2.63. The van der Waals surface area contributed by atoms with Crippen molar-refractivity contribution in [2.24, 2.45) is 0 Å². The van der Waals surface area contributed by atoms with Crippen LogP contribution in [0.1, 0.15) is 12.5 Å². The number of benzene rings is 2. The van der Waals surface area contributed by atoms with Gasteiger partial charge in [0.2, 0.25) is 0 Å². The number of halogens is 3. The van der Waals surface area contributed by atoms with Crippen LogP contribution in [-0.2, 0) is 20.7 Å². The van der Waals surface area contributed by atoms with Crippen LogP contribution in [0.25, 0.3) is 0 Å². The summed E-state index contributed by atoms with van der Waals surface area (Å²) < 4.78 is 5.13. The maximum Gasteiger partial charge on any atom is 0.311 e. The zero-order valence-electron chi connectivity index (χ0n) is 12.7. The minimum Gasteiger partial charge on any atom is -0.452 e. The molecule has 0 radical (unpaired) electrons. The van der Waals surface area contributed by atoms with Crippen molar-refractivity contribution in [2.75, 3.05) is 5.32 Å². The number of carbonyl (C=O) groups is 2. The first-order valence-electron chi connectivity index (χ1n) is 7.06. The molecular formula is C17H14Cl3NO3. The predicted octanol–water partition coefficient (Wildman–Crippen LogP) is 4.76. The molecule has 2 aromatic rings. The summed E-state index contributed by atoms with van der Waals surface area (Å²) in [6, 6.07) is 11.8. The zero-order chi connectivity index (χ0) is 17.7. The van der Waals surface area contributed by atoms with Crippen molar-refractivity contribution in [1.82, 2.24) is 0 Å². The summed E-state index contributed by atoms with van der Waals surface area (Å²) in [4.78, 5) is 24.1. The van der Waals surface area contributed by atoms with E-state index in [1.54, 1.807) is 42.5 Å². The quantitative estimate of drug-likeness (QED) is 0.754. The largest absolute Gasteiger partial charge is 0.452 e. The molecule has 0 saturated carbocycles. The fraction of sp³-hybridized carbons (Fsp3) is 0.176. The molecule has 24 heavy (non-hydrogen) atoms. The van der Waals surface area contributed by atoms with Crippen LogP contribution < -0.4 is 5.32 Å². The summed E-state index contributed by atoms with van der Waals surface area (Å²) in [5.74, 6) is -1.09. The van der Waals surface area contributed by atoms with E-state index in [-0.39, 0.29) is 12.1 Å². The molecular weight excluding hydrogens is 373 g/mol. The second-order valence-electron chi connectivity index (χ2n) is 4.99. The lowest BCUT2D eigenvalue weighted by atomic mass is 10.1. The summed E-state index contributed by atoms with van der Waals surface area (Å²) >= 11 is 18.0. The van der Waals surface area contributed by atoms with Crippen molar-refractivity contribution in [2.45, 2.75) is 19.4 Å². The minimum absolute atomic E-state index is 0.0237. The van der Waals surface area contributed by atoms with Gasteiger partial charge in [-0.1, -0.05) is 59.1 Å². The van der Waals surface area contributed by atoms with E-state index in [0.717, 1.165) is 0 Å². The molecule has 1 amide bonds. The molecule has 0 aliphatic rings. The van der Waals surface area contributed by atoms with Crippen LogP contribution in [0.5, 0.6) is 0 Å². The topological polar surface area (TPSA) is 55.4 Å². The smallest absolute Gasteiger partial charge is 0.311 e. The van der Waals surface area contributed by atoms with Crippen molar-refractivity contribution in [3.05, 3.63) is 63.1 Å². The first kappa shape index (κ1) is 18.6. The molecule has 2 rings (SSSR count). The summed E-state index contributed by atoms with van der Waals surface area (Å²) in [6.07, 6.45) is -1.03. The van der Waals surface area contributed by atoms with Crippen LogP contribution in [0.4, 0.5) is 5.69 Å². The van der Waals surface area contributed by atoms with E-state index in [9.17, 15) is 9.59 Å². The van der Waals surface area contributed by atoms with Crippen LogP contribution in [-0.4, -0.2) is 18.0 Å². The van der Waals surface area contributed by atoms with E-state index in [4.69, 9.17) is 39.5 Å². The lowest BCUT2D eigenvalue weighted by Crippen LogP contribution is -2.30. The maximum atomic E-state index is 12.1. The molecule has 0 saturated heterocycles. The number of hydrogen-bond donors (Lipinski definition) is 1. The molecule has 2 aromatic carbocycles. The Morgan fingerprint density at radius 3 is 2.21 bits per heavy atom. The Kier molecular flexibility index (Phi) is 6.49. The highest BCUT2D eigenvalue weighted by molar-refractivity contribution is 6.39. The Balaban J connectivity index is 1.96. The maximum absolute atomic E-state index is 12.1. The van der Waals surface area contributed by atoms with Gasteiger partial charge in [-0.05, 0) is 30.7 Å². The first-order chi connectivity index (χ1) is 11.4. The fourth-order valence-electron chi connectivity index (χ4n) is 1.93. The predicted molar refractivity (Wildman–Crippen MR) is 95.8 cm³/mol. The molecule has 4 nitrogen and oxygen atoms in total. The Bertz CT molecular complexity index is 744. The molecule has 1 N–H and O–H groups in total. The first-order valence-corrected chi connectivity index (χ1v) is 8.19. The molecule has 126 valence electrons. The number of amides is 1. The Morgan fingerprint density at radius 2 is 1.58 bits per heavy atom. The third-order valence-electron chi connectivity index (χ3n) is 3.18. The highest BCUT2D eigenvalue weighted by Gasteiger charge is 2.20. The van der Waals surface area contributed by atoms with E-state index >= 15 is 0 Å². The number of para-hydroxylation sites is 1.